The lowest BCUT2D eigenvalue weighted by atomic mass is 9.94. The minimum absolute atomic E-state index is 0.00938. The van der Waals surface area contributed by atoms with Gasteiger partial charge >= 0.3 is 0 Å². The number of hydrogen-bond donors (Lipinski definition) is 1. The molecular formula is C39H43Cl2N3O4S. The number of amides is 2. The van der Waals surface area contributed by atoms with Gasteiger partial charge < -0.3 is 10.2 Å². The van der Waals surface area contributed by atoms with Gasteiger partial charge in [0.1, 0.15) is 12.6 Å². The van der Waals surface area contributed by atoms with E-state index in [0.717, 1.165) is 58.7 Å². The van der Waals surface area contributed by atoms with Crippen LogP contribution < -0.4 is 9.62 Å². The molecule has 49 heavy (non-hydrogen) atoms. The number of sulfonamides is 1. The first kappa shape index (κ1) is 36.4. The number of benzene rings is 4. The molecule has 0 saturated heterocycles. The van der Waals surface area contributed by atoms with Gasteiger partial charge in [0.15, 0.2) is 0 Å². The Morgan fingerprint density at radius 1 is 0.776 bits per heavy atom. The number of carbonyl (C=O) groups excluding carboxylic acids is 2. The number of carbonyl (C=O) groups is 2. The van der Waals surface area contributed by atoms with Gasteiger partial charge in [-0.25, -0.2) is 8.42 Å². The molecule has 10 heteroatoms. The molecule has 1 saturated carbocycles. The maximum absolute atomic E-state index is 14.8. The summed E-state index contributed by atoms with van der Waals surface area (Å²) in [4.78, 5) is 30.6. The molecule has 0 bridgehead atoms. The second-order valence-electron chi connectivity index (χ2n) is 13.0. The van der Waals surface area contributed by atoms with Gasteiger partial charge in [0, 0.05) is 19.0 Å². The maximum atomic E-state index is 14.8. The highest BCUT2D eigenvalue weighted by atomic mass is 35.5. The summed E-state index contributed by atoms with van der Waals surface area (Å²) < 4.78 is 29.9. The smallest absolute Gasteiger partial charge is 0.264 e. The van der Waals surface area contributed by atoms with E-state index in [2.05, 4.69) is 5.32 Å². The maximum Gasteiger partial charge on any atom is 0.264 e. The van der Waals surface area contributed by atoms with Crippen molar-refractivity contribution in [2.45, 2.75) is 82.8 Å². The summed E-state index contributed by atoms with van der Waals surface area (Å²) in [5, 5.41) is 3.91. The molecule has 258 valence electrons. The van der Waals surface area contributed by atoms with E-state index in [1.165, 1.54) is 4.90 Å². The number of nitrogens with one attached hydrogen (secondary N) is 1. The Kier molecular flexibility index (Phi) is 12.1. The Labute approximate surface area is 300 Å². The van der Waals surface area contributed by atoms with Crippen LogP contribution in [-0.4, -0.2) is 43.8 Å². The molecule has 1 unspecified atom stereocenters. The van der Waals surface area contributed by atoms with Crippen molar-refractivity contribution in [3.05, 3.63) is 129 Å². The average molecular weight is 721 g/mol. The molecule has 0 spiro atoms. The summed E-state index contributed by atoms with van der Waals surface area (Å²) in [7, 11) is -4.20. The van der Waals surface area contributed by atoms with Crippen molar-refractivity contribution in [2.75, 3.05) is 10.8 Å². The van der Waals surface area contributed by atoms with Crippen molar-refractivity contribution in [3.63, 3.8) is 0 Å². The zero-order valence-corrected chi connectivity index (χ0v) is 30.5. The summed E-state index contributed by atoms with van der Waals surface area (Å²) in [6.07, 6.45) is 5.18. The summed E-state index contributed by atoms with van der Waals surface area (Å²) in [5.41, 5.74) is 4.52. The molecule has 1 atom stereocenters. The van der Waals surface area contributed by atoms with Crippen molar-refractivity contribution >= 4 is 50.7 Å². The predicted octanol–water partition coefficient (Wildman–Crippen LogP) is 8.20. The van der Waals surface area contributed by atoms with Crippen LogP contribution in [0.25, 0.3) is 0 Å². The molecule has 0 radical (unpaired) electrons. The molecule has 5 rings (SSSR count). The lowest BCUT2D eigenvalue weighted by Gasteiger charge is -2.35. The predicted molar refractivity (Wildman–Crippen MR) is 198 cm³/mol. The van der Waals surface area contributed by atoms with Gasteiger partial charge in [0.2, 0.25) is 11.8 Å². The summed E-state index contributed by atoms with van der Waals surface area (Å²) in [6, 6.07) is 25.7. The van der Waals surface area contributed by atoms with Gasteiger partial charge in [-0.2, -0.15) is 0 Å². The molecule has 1 N–H and O–H groups in total. The number of anilines is 1. The molecule has 0 aromatic heterocycles. The zero-order valence-electron chi connectivity index (χ0n) is 28.2. The summed E-state index contributed by atoms with van der Waals surface area (Å²) in [5.74, 6) is -0.802. The average Bonchev–Trinajstić information content (AvgIpc) is 3.07. The van der Waals surface area contributed by atoms with Crippen LogP contribution in [0.4, 0.5) is 5.69 Å². The van der Waals surface area contributed by atoms with Gasteiger partial charge in [-0.1, -0.05) is 103 Å². The molecule has 2 amide bonds. The van der Waals surface area contributed by atoms with Crippen molar-refractivity contribution in [3.8, 4) is 0 Å². The fourth-order valence-corrected chi connectivity index (χ4v) is 8.11. The van der Waals surface area contributed by atoms with Crippen molar-refractivity contribution in [1.82, 2.24) is 10.2 Å². The number of rotatable bonds is 12. The molecule has 1 aliphatic rings. The van der Waals surface area contributed by atoms with E-state index in [-0.39, 0.29) is 29.8 Å². The fourth-order valence-electron chi connectivity index (χ4n) is 6.39. The van der Waals surface area contributed by atoms with Crippen LogP contribution in [-0.2, 0) is 32.6 Å². The number of halogens is 2. The van der Waals surface area contributed by atoms with Crippen LogP contribution in [0.3, 0.4) is 0 Å². The number of aryl methyl sites for hydroxylation is 3. The molecule has 1 aliphatic carbocycles. The van der Waals surface area contributed by atoms with Gasteiger partial charge in [0.25, 0.3) is 10.0 Å². The van der Waals surface area contributed by atoms with Crippen LogP contribution >= 0.6 is 23.2 Å². The zero-order chi connectivity index (χ0) is 35.1. The van der Waals surface area contributed by atoms with E-state index in [4.69, 9.17) is 23.2 Å². The van der Waals surface area contributed by atoms with Gasteiger partial charge in [-0.3, -0.25) is 13.9 Å². The summed E-state index contributed by atoms with van der Waals surface area (Å²) >= 11 is 12.6. The second-order valence-corrected chi connectivity index (χ2v) is 15.7. The normalized spacial score (nSPS) is 14.2. The Bertz CT molecular complexity index is 1860. The number of hydrogen-bond acceptors (Lipinski definition) is 4. The highest BCUT2D eigenvalue weighted by Gasteiger charge is 2.35. The van der Waals surface area contributed by atoms with Gasteiger partial charge in [-0.05, 0) is 92.3 Å². The van der Waals surface area contributed by atoms with Crippen LogP contribution in [0.15, 0.2) is 95.9 Å². The SMILES string of the molecule is Cc1ccc(S(=O)(=O)N(CC(=O)N(Cc2ccc(Cl)c(Cl)c2)C(Cc2ccccc2)C(=O)NC2CCCCC2)c2cc(C)cc(C)c2)cc1. The van der Waals surface area contributed by atoms with E-state index < -0.39 is 28.5 Å². The highest BCUT2D eigenvalue weighted by molar-refractivity contribution is 7.92. The first-order chi connectivity index (χ1) is 23.4. The Balaban J connectivity index is 1.59. The quantitative estimate of drug-likeness (QED) is 0.160. The van der Waals surface area contributed by atoms with Gasteiger partial charge in [-0.15, -0.1) is 0 Å². The largest absolute Gasteiger partial charge is 0.352 e. The first-order valence-corrected chi connectivity index (χ1v) is 18.9. The third-order valence-electron chi connectivity index (χ3n) is 8.94. The van der Waals surface area contributed by atoms with Crippen molar-refractivity contribution in [1.29, 1.82) is 0 Å². The van der Waals surface area contributed by atoms with Crippen LogP contribution in [0.1, 0.15) is 59.9 Å². The second kappa shape index (κ2) is 16.2. The highest BCUT2D eigenvalue weighted by Crippen LogP contribution is 2.29. The Morgan fingerprint density at radius 2 is 1.43 bits per heavy atom. The molecule has 4 aromatic rings. The lowest BCUT2D eigenvalue weighted by Crippen LogP contribution is -2.55. The molecule has 4 aromatic carbocycles. The topological polar surface area (TPSA) is 86.8 Å². The molecule has 1 fully saturated rings. The minimum Gasteiger partial charge on any atom is -0.352 e. The van der Waals surface area contributed by atoms with Crippen LogP contribution in [0.5, 0.6) is 0 Å². The molecule has 0 heterocycles. The Morgan fingerprint density at radius 3 is 2.06 bits per heavy atom. The fraction of sp³-hybridized carbons (Fsp3) is 0.333. The van der Waals surface area contributed by atoms with E-state index in [9.17, 15) is 18.0 Å². The summed E-state index contributed by atoms with van der Waals surface area (Å²) in [6.45, 7) is 5.14. The van der Waals surface area contributed by atoms with Crippen LogP contribution in [0, 0.1) is 20.8 Å². The van der Waals surface area contributed by atoms with Crippen molar-refractivity contribution < 1.29 is 18.0 Å². The minimum atomic E-state index is -4.20. The van der Waals surface area contributed by atoms with E-state index in [1.807, 2.05) is 57.2 Å². The molecular weight excluding hydrogens is 677 g/mol. The molecule has 7 nitrogen and oxygen atoms in total. The Hall–Kier alpha value is -3.85. The third kappa shape index (κ3) is 9.44. The first-order valence-electron chi connectivity index (χ1n) is 16.7. The van der Waals surface area contributed by atoms with E-state index >= 15 is 0 Å². The lowest BCUT2D eigenvalue weighted by molar-refractivity contribution is -0.140. The van der Waals surface area contributed by atoms with Crippen molar-refractivity contribution in [2.24, 2.45) is 0 Å². The van der Waals surface area contributed by atoms with E-state index in [0.29, 0.717) is 21.3 Å². The standard InChI is InChI=1S/C39H43Cl2N3O4S/c1-27-14-17-34(18-15-27)49(47,48)44(33-21-28(2)20-29(3)22-33)26-38(45)43(25-31-16-19-35(40)36(41)23-31)37(24-30-10-6-4-7-11-30)39(46)42-32-12-8-5-9-13-32/h4,6-7,10-11,14-23,32,37H,5,8-9,12-13,24-26H2,1-3H3,(H,42,46). The monoisotopic (exact) mass is 719 g/mol. The third-order valence-corrected chi connectivity index (χ3v) is 11.5. The molecule has 0 aliphatic heterocycles. The van der Waals surface area contributed by atoms with Gasteiger partial charge in [0.05, 0.1) is 20.6 Å². The van der Waals surface area contributed by atoms with E-state index in [1.54, 1.807) is 54.6 Å². The number of nitrogens with zero attached hydrogens (tertiary/aromatic N) is 2. The van der Waals surface area contributed by atoms with Crippen LogP contribution in [0.2, 0.25) is 10.0 Å².